The molecule has 2 aliphatic rings. The van der Waals surface area contributed by atoms with Gasteiger partial charge in [0.2, 0.25) is 5.95 Å². The Morgan fingerprint density at radius 2 is 2.10 bits per heavy atom. The number of aromatic nitrogens is 4. The lowest BCUT2D eigenvalue weighted by Crippen LogP contribution is -2.28. The maximum Gasteiger partial charge on any atom is 0.202 e. The third-order valence-corrected chi connectivity index (χ3v) is 4.97. The van der Waals surface area contributed by atoms with Crippen molar-refractivity contribution in [3.8, 4) is 0 Å². The Labute approximate surface area is 118 Å². The van der Waals surface area contributed by atoms with Crippen LogP contribution in [0.2, 0.25) is 0 Å². The lowest BCUT2D eigenvalue weighted by atomic mass is 10.1. The number of nitrogens with zero attached hydrogens (tertiary/aromatic N) is 5. The summed E-state index contributed by atoms with van der Waals surface area (Å²) < 4.78 is 4.31. The SMILES string of the molecule is CCn1nc(C)c2nc(N)n(C3CCN4CCCC34)c21. The fourth-order valence-electron chi connectivity index (χ4n) is 4.11. The summed E-state index contributed by atoms with van der Waals surface area (Å²) in [6.07, 6.45) is 3.77. The molecule has 0 spiro atoms. The first-order valence-corrected chi connectivity index (χ1v) is 7.65. The van der Waals surface area contributed by atoms with Crippen molar-refractivity contribution in [2.75, 3.05) is 18.8 Å². The Morgan fingerprint density at radius 1 is 1.25 bits per heavy atom. The minimum Gasteiger partial charge on any atom is -0.369 e. The molecule has 0 aromatic carbocycles. The molecule has 108 valence electrons. The smallest absolute Gasteiger partial charge is 0.202 e. The minimum absolute atomic E-state index is 0.462. The van der Waals surface area contributed by atoms with Crippen LogP contribution in [0.3, 0.4) is 0 Å². The molecule has 2 atom stereocenters. The second-order valence-electron chi connectivity index (χ2n) is 6.01. The number of fused-ring (bicyclic) bond motifs is 2. The van der Waals surface area contributed by atoms with Gasteiger partial charge in [0.05, 0.1) is 11.7 Å². The summed E-state index contributed by atoms with van der Waals surface area (Å²) in [5.74, 6) is 0.654. The van der Waals surface area contributed by atoms with Gasteiger partial charge in [-0.1, -0.05) is 0 Å². The lowest BCUT2D eigenvalue weighted by Gasteiger charge is -2.23. The van der Waals surface area contributed by atoms with E-state index in [-0.39, 0.29) is 0 Å². The summed E-state index contributed by atoms with van der Waals surface area (Å²) in [5.41, 5.74) is 9.31. The highest BCUT2D eigenvalue weighted by molar-refractivity contribution is 5.77. The molecule has 2 saturated heterocycles. The van der Waals surface area contributed by atoms with Gasteiger partial charge in [0.15, 0.2) is 5.65 Å². The summed E-state index contributed by atoms with van der Waals surface area (Å²) >= 11 is 0. The third kappa shape index (κ3) is 1.48. The van der Waals surface area contributed by atoms with Crippen LogP contribution < -0.4 is 5.73 Å². The van der Waals surface area contributed by atoms with Crippen molar-refractivity contribution in [1.29, 1.82) is 0 Å². The predicted octanol–water partition coefficient (Wildman–Crippen LogP) is 1.55. The number of hydrogen-bond acceptors (Lipinski definition) is 4. The van der Waals surface area contributed by atoms with Gasteiger partial charge in [-0.15, -0.1) is 0 Å². The topological polar surface area (TPSA) is 64.9 Å². The molecule has 2 unspecified atom stereocenters. The van der Waals surface area contributed by atoms with Crippen molar-refractivity contribution in [2.24, 2.45) is 0 Å². The molecule has 0 bridgehead atoms. The molecule has 2 aliphatic heterocycles. The van der Waals surface area contributed by atoms with E-state index >= 15 is 0 Å². The number of nitrogens with two attached hydrogens (primary N) is 1. The van der Waals surface area contributed by atoms with E-state index in [0.717, 1.165) is 23.4 Å². The van der Waals surface area contributed by atoms with Crippen LogP contribution >= 0.6 is 0 Å². The third-order valence-electron chi connectivity index (χ3n) is 4.97. The number of nitrogen functional groups attached to an aromatic ring is 1. The van der Waals surface area contributed by atoms with Crippen molar-refractivity contribution in [3.63, 3.8) is 0 Å². The molecule has 2 N–H and O–H groups in total. The maximum atomic E-state index is 6.25. The van der Waals surface area contributed by atoms with E-state index in [2.05, 4.69) is 26.5 Å². The van der Waals surface area contributed by atoms with Gasteiger partial charge in [0, 0.05) is 19.1 Å². The molecule has 0 amide bonds. The number of aryl methyl sites for hydroxylation is 2. The highest BCUT2D eigenvalue weighted by Gasteiger charge is 2.40. The fourth-order valence-corrected chi connectivity index (χ4v) is 4.11. The van der Waals surface area contributed by atoms with Crippen molar-refractivity contribution in [2.45, 2.75) is 51.7 Å². The van der Waals surface area contributed by atoms with E-state index in [4.69, 9.17) is 5.73 Å². The lowest BCUT2D eigenvalue weighted by molar-refractivity contribution is 0.292. The molecule has 0 saturated carbocycles. The van der Waals surface area contributed by atoms with E-state index in [0.29, 0.717) is 18.0 Å². The van der Waals surface area contributed by atoms with Crippen LogP contribution in [-0.4, -0.2) is 43.4 Å². The van der Waals surface area contributed by atoms with Gasteiger partial charge >= 0.3 is 0 Å². The van der Waals surface area contributed by atoms with Gasteiger partial charge in [-0.3, -0.25) is 9.47 Å². The van der Waals surface area contributed by atoms with Crippen LogP contribution in [0.5, 0.6) is 0 Å². The molecular weight excluding hydrogens is 252 g/mol. The highest BCUT2D eigenvalue weighted by Crippen LogP contribution is 2.39. The molecule has 4 rings (SSSR count). The Bertz CT molecular complexity index is 654. The zero-order valence-electron chi connectivity index (χ0n) is 12.2. The summed E-state index contributed by atoms with van der Waals surface area (Å²) in [4.78, 5) is 7.19. The summed E-state index contributed by atoms with van der Waals surface area (Å²) in [6, 6.07) is 1.10. The van der Waals surface area contributed by atoms with Crippen molar-refractivity contribution < 1.29 is 0 Å². The molecule has 2 aromatic rings. The molecule has 20 heavy (non-hydrogen) atoms. The zero-order chi connectivity index (χ0) is 13.9. The first-order chi connectivity index (χ1) is 9.70. The molecule has 0 aliphatic carbocycles. The monoisotopic (exact) mass is 274 g/mol. The van der Waals surface area contributed by atoms with Crippen molar-refractivity contribution in [3.05, 3.63) is 5.69 Å². The first-order valence-electron chi connectivity index (χ1n) is 7.65. The normalized spacial score (nSPS) is 26.7. The molecule has 6 nitrogen and oxygen atoms in total. The largest absolute Gasteiger partial charge is 0.369 e. The van der Waals surface area contributed by atoms with Gasteiger partial charge in [0.25, 0.3) is 0 Å². The van der Waals surface area contributed by atoms with E-state index in [1.54, 1.807) is 0 Å². The van der Waals surface area contributed by atoms with Gasteiger partial charge in [-0.25, -0.2) is 9.67 Å². The molecule has 4 heterocycles. The molecular formula is C14H22N6. The van der Waals surface area contributed by atoms with Crippen LogP contribution in [0.15, 0.2) is 0 Å². The quantitative estimate of drug-likeness (QED) is 0.902. The Hall–Kier alpha value is -1.56. The average Bonchev–Trinajstić information content (AvgIpc) is 3.13. The molecule has 2 aromatic heterocycles. The Kier molecular flexibility index (Phi) is 2.57. The number of hydrogen-bond donors (Lipinski definition) is 1. The van der Waals surface area contributed by atoms with E-state index < -0.39 is 0 Å². The summed E-state index contributed by atoms with van der Waals surface area (Å²) in [7, 11) is 0. The number of anilines is 1. The highest BCUT2D eigenvalue weighted by atomic mass is 15.4. The van der Waals surface area contributed by atoms with Gasteiger partial charge in [-0.05, 0) is 39.7 Å². The van der Waals surface area contributed by atoms with Crippen LogP contribution in [0.4, 0.5) is 5.95 Å². The zero-order valence-corrected chi connectivity index (χ0v) is 12.2. The fraction of sp³-hybridized carbons (Fsp3) is 0.714. The average molecular weight is 274 g/mol. The van der Waals surface area contributed by atoms with Crippen LogP contribution in [0.1, 0.15) is 37.9 Å². The summed E-state index contributed by atoms with van der Waals surface area (Å²) in [5, 5.41) is 4.59. The summed E-state index contributed by atoms with van der Waals surface area (Å²) in [6.45, 7) is 7.42. The van der Waals surface area contributed by atoms with E-state index in [1.807, 2.05) is 11.6 Å². The van der Waals surface area contributed by atoms with Gasteiger partial charge in [0.1, 0.15) is 5.52 Å². The maximum absolute atomic E-state index is 6.25. The van der Waals surface area contributed by atoms with E-state index in [9.17, 15) is 0 Å². The Balaban J connectivity index is 1.88. The first kappa shape index (κ1) is 12.2. The number of imidazole rings is 1. The molecule has 0 radical (unpaired) electrons. The second kappa shape index (κ2) is 4.22. The molecule has 2 fully saturated rings. The Morgan fingerprint density at radius 3 is 2.90 bits per heavy atom. The second-order valence-corrected chi connectivity index (χ2v) is 6.01. The van der Waals surface area contributed by atoms with Crippen LogP contribution in [0, 0.1) is 6.92 Å². The predicted molar refractivity (Wildman–Crippen MR) is 78.6 cm³/mol. The van der Waals surface area contributed by atoms with Crippen molar-refractivity contribution in [1.82, 2.24) is 24.2 Å². The van der Waals surface area contributed by atoms with Gasteiger partial charge in [-0.2, -0.15) is 5.10 Å². The van der Waals surface area contributed by atoms with Crippen molar-refractivity contribution >= 4 is 17.1 Å². The standard InChI is InChI=1S/C14H22N6/c1-3-19-13-12(9(2)17-19)16-14(15)20(13)11-6-8-18-7-4-5-10(11)18/h10-11H,3-8H2,1-2H3,(H2,15,16). The minimum atomic E-state index is 0.462. The number of rotatable bonds is 2. The van der Waals surface area contributed by atoms with Crippen LogP contribution in [0.25, 0.3) is 11.2 Å². The van der Waals surface area contributed by atoms with E-state index in [1.165, 1.54) is 32.4 Å². The molecule has 6 heteroatoms. The van der Waals surface area contributed by atoms with Gasteiger partial charge < -0.3 is 5.73 Å². The van der Waals surface area contributed by atoms with Crippen LogP contribution in [-0.2, 0) is 6.54 Å².